The zero-order valence-electron chi connectivity index (χ0n) is 12.7. The topological polar surface area (TPSA) is 36.4 Å². The van der Waals surface area contributed by atoms with Crippen molar-refractivity contribution in [2.75, 3.05) is 13.1 Å². The molecule has 2 aliphatic heterocycles. The van der Waals surface area contributed by atoms with Crippen molar-refractivity contribution >= 4 is 5.91 Å². The lowest BCUT2D eigenvalue weighted by Crippen LogP contribution is -2.52. The Morgan fingerprint density at radius 1 is 1.38 bits per heavy atom. The fourth-order valence-corrected chi connectivity index (χ4v) is 3.71. The van der Waals surface area contributed by atoms with Crippen molar-refractivity contribution in [3.8, 4) is 0 Å². The van der Waals surface area contributed by atoms with Crippen LogP contribution < -0.4 is 0 Å². The van der Waals surface area contributed by atoms with E-state index in [1.807, 2.05) is 24.0 Å². The van der Waals surface area contributed by atoms with Crippen molar-refractivity contribution in [3.05, 3.63) is 42.2 Å². The van der Waals surface area contributed by atoms with Crippen molar-refractivity contribution in [1.29, 1.82) is 0 Å². The zero-order valence-corrected chi connectivity index (χ0v) is 12.7. The molecule has 0 bridgehead atoms. The average Bonchev–Trinajstić information content (AvgIpc) is 2.85. The maximum absolute atomic E-state index is 12.1. The maximum Gasteiger partial charge on any atom is 0.223 e. The van der Waals surface area contributed by atoms with E-state index >= 15 is 0 Å². The minimum Gasteiger partial charge on any atom is -0.334 e. The molecule has 2 fully saturated rings. The van der Waals surface area contributed by atoms with Gasteiger partial charge < -0.3 is 4.90 Å². The smallest absolute Gasteiger partial charge is 0.223 e. The number of piperidine rings is 1. The summed E-state index contributed by atoms with van der Waals surface area (Å²) in [6.07, 6.45) is 4.54. The number of fused-ring (bicyclic) bond motifs is 1. The fraction of sp³-hybridized carbons (Fsp3) is 0.529. The Balaban J connectivity index is 1.72. The van der Waals surface area contributed by atoms with Gasteiger partial charge in [0.15, 0.2) is 0 Å². The Labute approximate surface area is 126 Å². The normalized spacial score (nSPS) is 26.0. The molecule has 1 amide bonds. The highest BCUT2D eigenvalue weighted by Gasteiger charge is 2.42. The number of hydrogen-bond acceptors (Lipinski definition) is 3. The lowest BCUT2D eigenvalue weighted by molar-refractivity contribution is -0.136. The van der Waals surface area contributed by atoms with E-state index < -0.39 is 0 Å². The van der Waals surface area contributed by atoms with Crippen LogP contribution in [-0.2, 0) is 11.3 Å². The van der Waals surface area contributed by atoms with E-state index in [0.29, 0.717) is 25.0 Å². The number of aryl methyl sites for hydroxylation is 1. The summed E-state index contributed by atoms with van der Waals surface area (Å²) in [6.45, 7) is 8.42. The van der Waals surface area contributed by atoms with Crippen LogP contribution >= 0.6 is 0 Å². The number of aromatic nitrogens is 1. The molecule has 2 atom stereocenters. The van der Waals surface area contributed by atoms with Gasteiger partial charge in [0.05, 0.1) is 5.69 Å². The molecule has 0 aliphatic carbocycles. The molecule has 0 saturated carbocycles. The zero-order chi connectivity index (χ0) is 14.8. The molecule has 0 unspecified atom stereocenters. The summed E-state index contributed by atoms with van der Waals surface area (Å²) in [6, 6.07) is 7.02. The van der Waals surface area contributed by atoms with E-state index in [2.05, 4.69) is 28.6 Å². The predicted molar refractivity (Wildman–Crippen MR) is 82.7 cm³/mol. The minimum absolute atomic E-state index is 0.284. The summed E-state index contributed by atoms with van der Waals surface area (Å²) in [5, 5.41) is 0. The van der Waals surface area contributed by atoms with E-state index in [0.717, 1.165) is 37.3 Å². The first-order valence-electron chi connectivity index (χ1n) is 7.76. The quantitative estimate of drug-likeness (QED) is 0.795. The third-order valence-corrected chi connectivity index (χ3v) is 4.64. The SMILES string of the molecule is C=CCN1C(=O)CC[C@@H]2[C@H]1CCN2Cc1cccc(C)n1. The van der Waals surface area contributed by atoms with E-state index in [1.54, 1.807) is 0 Å². The van der Waals surface area contributed by atoms with Crippen molar-refractivity contribution < 1.29 is 4.79 Å². The Kier molecular flexibility index (Phi) is 4.06. The summed E-state index contributed by atoms with van der Waals surface area (Å²) >= 11 is 0. The van der Waals surface area contributed by atoms with Gasteiger partial charge in [0.2, 0.25) is 5.91 Å². The molecule has 112 valence electrons. The van der Waals surface area contributed by atoms with Crippen LogP contribution in [0.15, 0.2) is 30.9 Å². The number of likely N-dealkylation sites (tertiary alicyclic amines) is 2. The summed E-state index contributed by atoms with van der Waals surface area (Å²) in [7, 11) is 0. The third kappa shape index (κ3) is 2.86. The molecule has 0 spiro atoms. The van der Waals surface area contributed by atoms with E-state index in [-0.39, 0.29) is 5.91 Å². The Bertz CT molecular complexity index is 543. The lowest BCUT2D eigenvalue weighted by Gasteiger charge is -2.39. The number of pyridine rings is 1. The molecule has 3 rings (SSSR count). The van der Waals surface area contributed by atoms with E-state index in [4.69, 9.17) is 0 Å². The standard InChI is InChI=1S/C17H23N3O/c1-3-10-20-16-9-11-19(15(16)7-8-17(20)21)12-14-6-4-5-13(2)18-14/h3-6,15-16H,1,7-12H2,2H3/t15-,16-/m1/s1. The fourth-order valence-electron chi connectivity index (χ4n) is 3.71. The number of hydrogen-bond donors (Lipinski definition) is 0. The van der Waals surface area contributed by atoms with Gasteiger partial charge in [0, 0.05) is 43.8 Å². The summed E-state index contributed by atoms with van der Waals surface area (Å²) < 4.78 is 0. The molecule has 4 heteroatoms. The molecule has 21 heavy (non-hydrogen) atoms. The molecule has 3 heterocycles. The number of carbonyl (C=O) groups is 1. The van der Waals surface area contributed by atoms with Crippen LogP contribution in [0.4, 0.5) is 0 Å². The molecule has 1 aromatic rings. The van der Waals surface area contributed by atoms with Crippen LogP contribution in [0.5, 0.6) is 0 Å². The van der Waals surface area contributed by atoms with Crippen LogP contribution in [0.1, 0.15) is 30.7 Å². The van der Waals surface area contributed by atoms with Gasteiger partial charge in [-0.2, -0.15) is 0 Å². The second-order valence-corrected chi connectivity index (χ2v) is 6.04. The largest absolute Gasteiger partial charge is 0.334 e. The monoisotopic (exact) mass is 285 g/mol. The van der Waals surface area contributed by atoms with Crippen molar-refractivity contribution in [3.63, 3.8) is 0 Å². The van der Waals surface area contributed by atoms with Crippen molar-refractivity contribution in [2.24, 2.45) is 0 Å². The van der Waals surface area contributed by atoms with E-state index in [9.17, 15) is 4.79 Å². The highest BCUT2D eigenvalue weighted by Crippen LogP contribution is 2.32. The van der Waals surface area contributed by atoms with Crippen LogP contribution in [0, 0.1) is 6.92 Å². The van der Waals surface area contributed by atoms with Crippen LogP contribution in [0.25, 0.3) is 0 Å². The second-order valence-electron chi connectivity index (χ2n) is 6.04. The predicted octanol–water partition coefficient (Wildman–Crippen LogP) is 2.14. The first-order valence-corrected chi connectivity index (χ1v) is 7.76. The number of nitrogens with zero attached hydrogens (tertiary/aromatic N) is 3. The first kappa shape index (κ1) is 14.3. The molecular weight excluding hydrogens is 262 g/mol. The molecular formula is C17H23N3O. The lowest BCUT2D eigenvalue weighted by atomic mass is 9.96. The molecule has 4 nitrogen and oxygen atoms in total. The molecule has 0 aromatic carbocycles. The van der Waals surface area contributed by atoms with Crippen molar-refractivity contribution in [1.82, 2.24) is 14.8 Å². The number of rotatable bonds is 4. The molecule has 0 N–H and O–H groups in total. The third-order valence-electron chi connectivity index (χ3n) is 4.64. The van der Waals surface area contributed by atoms with Crippen LogP contribution in [0.2, 0.25) is 0 Å². The van der Waals surface area contributed by atoms with Gasteiger partial charge in [-0.05, 0) is 31.9 Å². The molecule has 2 aliphatic rings. The molecule has 1 aromatic heterocycles. The number of amides is 1. The van der Waals surface area contributed by atoms with Crippen molar-refractivity contribution in [2.45, 2.75) is 44.8 Å². The van der Waals surface area contributed by atoms with Gasteiger partial charge in [-0.3, -0.25) is 14.7 Å². The number of carbonyl (C=O) groups excluding carboxylic acids is 1. The summed E-state index contributed by atoms with van der Waals surface area (Å²) in [5.41, 5.74) is 2.19. The van der Waals surface area contributed by atoms with Gasteiger partial charge in [-0.25, -0.2) is 0 Å². The highest BCUT2D eigenvalue weighted by atomic mass is 16.2. The molecule has 0 radical (unpaired) electrons. The van der Waals surface area contributed by atoms with Gasteiger partial charge >= 0.3 is 0 Å². The van der Waals surface area contributed by atoms with Gasteiger partial charge in [-0.15, -0.1) is 6.58 Å². The first-order chi connectivity index (χ1) is 10.2. The Morgan fingerprint density at radius 3 is 3.00 bits per heavy atom. The maximum atomic E-state index is 12.1. The van der Waals surface area contributed by atoms with Crippen LogP contribution in [-0.4, -0.2) is 45.9 Å². The van der Waals surface area contributed by atoms with Gasteiger partial charge in [-0.1, -0.05) is 12.1 Å². The Morgan fingerprint density at radius 2 is 2.24 bits per heavy atom. The minimum atomic E-state index is 0.284. The molecule has 2 saturated heterocycles. The highest BCUT2D eigenvalue weighted by molar-refractivity contribution is 5.78. The summed E-state index contributed by atoms with van der Waals surface area (Å²) in [4.78, 5) is 21.2. The van der Waals surface area contributed by atoms with Gasteiger partial charge in [0.25, 0.3) is 0 Å². The van der Waals surface area contributed by atoms with Gasteiger partial charge in [0.1, 0.15) is 0 Å². The summed E-state index contributed by atoms with van der Waals surface area (Å²) in [5.74, 6) is 0.284. The van der Waals surface area contributed by atoms with Crippen LogP contribution in [0.3, 0.4) is 0 Å². The average molecular weight is 285 g/mol. The Hall–Kier alpha value is -1.68. The second kappa shape index (κ2) is 5.98. The van der Waals surface area contributed by atoms with E-state index in [1.165, 1.54) is 0 Å².